The van der Waals surface area contributed by atoms with Gasteiger partial charge in [-0.3, -0.25) is 9.69 Å². The SMILES string of the molecule is COCCCN1CCC(NC(=NCC(=O)N(C)C)NCCCN2CCOCC2)CC1. The van der Waals surface area contributed by atoms with E-state index in [-0.39, 0.29) is 12.5 Å². The number of guanidine groups is 1. The molecule has 2 heterocycles. The number of nitrogens with zero attached hydrogens (tertiary/aromatic N) is 4. The van der Waals surface area contributed by atoms with Crippen LogP contribution in [0.5, 0.6) is 0 Å². The summed E-state index contributed by atoms with van der Waals surface area (Å²) >= 11 is 0. The van der Waals surface area contributed by atoms with Gasteiger partial charge in [0.2, 0.25) is 5.91 Å². The van der Waals surface area contributed by atoms with Crippen LogP contribution in [-0.4, -0.2) is 126 Å². The van der Waals surface area contributed by atoms with E-state index >= 15 is 0 Å². The van der Waals surface area contributed by atoms with Crippen molar-refractivity contribution in [3.05, 3.63) is 0 Å². The molecule has 1 amide bonds. The number of aliphatic imine (C=N–C) groups is 1. The molecule has 9 heteroatoms. The molecule has 0 unspecified atom stereocenters. The summed E-state index contributed by atoms with van der Waals surface area (Å²) in [4.78, 5) is 23.0. The molecule has 2 aliphatic heterocycles. The zero-order valence-electron chi connectivity index (χ0n) is 19.2. The summed E-state index contributed by atoms with van der Waals surface area (Å²) in [5, 5.41) is 6.99. The van der Waals surface area contributed by atoms with Crippen LogP contribution in [0.3, 0.4) is 0 Å². The minimum atomic E-state index is 0.0115. The summed E-state index contributed by atoms with van der Waals surface area (Å²) < 4.78 is 10.6. The van der Waals surface area contributed by atoms with E-state index in [2.05, 4.69) is 25.4 Å². The molecule has 2 fully saturated rings. The van der Waals surface area contributed by atoms with Gasteiger partial charge in [0.05, 0.1) is 13.2 Å². The maximum absolute atomic E-state index is 12.0. The van der Waals surface area contributed by atoms with Gasteiger partial charge in [-0.25, -0.2) is 4.99 Å². The fraction of sp³-hybridized carbons (Fsp3) is 0.905. The van der Waals surface area contributed by atoms with Crippen molar-refractivity contribution in [3.63, 3.8) is 0 Å². The van der Waals surface area contributed by atoms with Crippen molar-refractivity contribution in [1.29, 1.82) is 0 Å². The van der Waals surface area contributed by atoms with E-state index in [1.54, 1.807) is 26.1 Å². The third-order valence-electron chi connectivity index (χ3n) is 5.67. The lowest BCUT2D eigenvalue weighted by Crippen LogP contribution is -2.49. The largest absolute Gasteiger partial charge is 0.385 e. The summed E-state index contributed by atoms with van der Waals surface area (Å²) in [6.45, 7) is 9.85. The highest BCUT2D eigenvalue weighted by Gasteiger charge is 2.20. The molecule has 2 rings (SSSR count). The summed E-state index contributed by atoms with van der Waals surface area (Å²) in [7, 11) is 5.28. The van der Waals surface area contributed by atoms with Crippen molar-refractivity contribution < 1.29 is 14.3 Å². The first kappa shape index (κ1) is 24.8. The standard InChI is InChI=1S/C21H42N6O3/c1-25(2)20(28)18-23-21(22-8-4-9-27-13-16-30-17-14-27)24-19-6-11-26(12-7-19)10-5-15-29-3/h19H,4-18H2,1-3H3,(H2,22,23,24). The second-order valence-corrected chi connectivity index (χ2v) is 8.29. The number of morpholine rings is 1. The molecule has 0 saturated carbocycles. The zero-order valence-corrected chi connectivity index (χ0v) is 19.2. The summed E-state index contributed by atoms with van der Waals surface area (Å²) in [6, 6.07) is 0.392. The minimum Gasteiger partial charge on any atom is -0.385 e. The molecule has 2 N–H and O–H groups in total. The first-order valence-corrected chi connectivity index (χ1v) is 11.3. The Morgan fingerprint density at radius 3 is 2.43 bits per heavy atom. The van der Waals surface area contributed by atoms with Crippen molar-refractivity contribution >= 4 is 11.9 Å². The van der Waals surface area contributed by atoms with E-state index in [9.17, 15) is 4.79 Å². The molecule has 9 nitrogen and oxygen atoms in total. The molecule has 0 radical (unpaired) electrons. The van der Waals surface area contributed by atoms with Gasteiger partial charge in [-0.15, -0.1) is 0 Å². The van der Waals surface area contributed by atoms with Gasteiger partial charge in [0.15, 0.2) is 5.96 Å². The van der Waals surface area contributed by atoms with Gasteiger partial charge < -0.3 is 29.9 Å². The Hall–Kier alpha value is -1.42. The number of methoxy groups -OCH3 is 1. The predicted molar refractivity (Wildman–Crippen MR) is 120 cm³/mol. The molecule has 0 bridgehead atoms. The lowest BCUT2D eigenvalue weighted by molar-refractivity contribution is -0.127. The van der Waals surface area contributed by atoms with Gasteiger partial charge in [-0.05, 0) is 32.2 Å². The third-order valence-corrected chi connectivity index (χ3v) is 5.67. The van der Waals surface area contributed by atoms with Crippen LogP contribution in [0.15, 0.2) is 4.99 Å². The highest BCUT2D eigenvalue weighted by atomic mass is 16.5. The smallest absolute Gasteiger partial charge is 0.243 e. The molecule has 0 aromatic heterocycles. The molecular formula is C21H42N6O3. The van der Waals surface area contributed by atoms with E-state index in [0.29, 0.717) is 6.04 Å². The number of likely N-dealkylation sites (N-methyl/N-ethyl adjacent to an activating group) is 1. The summed E-state index contributed by atoms with van der Waals surface area (Å²) in [5.41, 5.74) is 0. The number of hydrogen-bond donors (Lipinski definition) is 2. The van der Waals surface area contributed by atoms with E-state index in [1.165, 1.54) is 0 Å². The maximum atomic E-state index is 12.0. The van der Waals surface area contributed by atoms with Gasteiger partial charge in [0.25, 0.3) is 0 Å². The number of carbonyl (C=O) groups excluding carboxylic acids is 1. The fourth-order valence-corrected chi connectivity index (χ4v) is 3.70. The molecule has 30 heavy (non-hydrogen) atoms. The molecule has 2 saturated heterocycles. The Balaban J connectivity index is 1.75. The number of hydrogen-bond acceptors (Lipinski definition) is 6. The monoisotopic (exact) mass is 426 g/mol. The average molecular weight is 427 g/mol. The van der Waals surface area contributed by atoms with Crippen LogP contribution in [0, 0.1) is 0 Å². The van der Waals surface area contributed by atoms with Gasteiger partial charge in [-0.1, -0.05) is 0 Å². The Morgan fingerprint density at radius 1 is 1.10 bits per heavy atom. The normalized spacial score (nSPS) is 19.6. The highest BCUT2D eigenvalue weighted by molar-refractivity contribution is 5.84. The Labute approximate surface area is 182 Å². The van der Waals surface area contributed by atoms with Crippen LogP contribution in [0.2, 0.25) is 0 Å². The molecule has 2 aliphatic rings. The number of nitrogens with one attached hydrogen (secondary N) is 2. The Morgan fingerprint density at radius 2 is 1.77 bits per heavy atom. The van der Waals surface area contributed by atoms with Crippen molar-refractivity contribution in [2.24, 2.45) is 4.99 Å². The van der Waals surface area contributed by atoms with Crippen molar-refractivity contribution in [3.8, 4) is 0 Å². The predicted octanol–water partition coefficient (Wildman–Crippen LogP) is -0.167. The first-order valence-electron chi connectivity index (χ1n) is 11.3. The first-order chi connectivity index (χ1) is 14.6. The molecule has 0 aromatic rings. The number of ether oxygens (including phenoxy) is 2. The van der Waals surface area contributed by atoms with E-state index < -0.39 is 0 Å². The zero-order chi connectivity index (χ0) is 21.6. The maximum Gasteiger partial charge on any atom is 0.243 e. The average Bonchev–Trinajstić information content (AvgIpc) is 2.76. The second-order valence-electron chi connectivity index (χ2n) is 8.29. The molecule has 174 valence electrons. The van der Waals surface area contributed by atoms with Crippen molar-refractivity contribution in [2.75, 3.05) is 93.4 Å². The molecule has 0 aromatic carbocycles. The summed E-state index contributed by atoms with van der Waals surface area (Å²) in [5.74, 6) is 0.766. The number of amides is 1. The van der Waals surface area contributed by atoms with E-state index in [1.807, 2.05) is 0 Å². The van der Waals surface area contributed by atoms with E-state index in [0.717, 1.165) is 97.3 Å². The number of likely N-dealkylation sites (tertiary alicyclic amines) is 1. The van der Waals surface area contributed by atoms with Crippen molar-refractivity contribution in [1.82, 2.24) is 25.3 Å². The fourth-order valence-electron chi connectivity index (χ4n) is 3.70. The molecular weight excluding hydrogens is 384 g/mol. The molecule has 0 aliphatic carbocycles. The number of piperidine rings is 1. The third kappa shape index (κ3) is 10.1. The van der Waals surface area contributed by atoms with Crippen LogP contribution in [0.1, 0.15) is 25.7 Å². The van der Waals surface area contributed by atoms with Crippen molar-refractivity contribution in [2.45, 2.75) is 31.7 Å². The summed E-state index contributed by atoms with van der Waals surface area (Å²) in [6.07, 6.45) is 4.30. The molecule has 0 atom stereocenters. The quantitative estimate of drug-likeness (QED) is 0.270. The van der Waals surface area contributed by atoms with Crippen LogP contribution >= 0.6 is 0 Å². The van der Waals surface area contributed by atoms with Crippen LogP contribution < -0.4 is 10.6 Å². The molecule has 0 spiro atoms. The van der Waals surface area contributed by atoms with E-state index in [4.69, 9.17) is 9.47 Å². The number of carbonyl (C=O) groups is 1. The highest BCUT2D eigenvalue weighted by Crippen LogP contribution is 2.10. The van der Waals surface area contributed by atoms with Crippen LogP contribution in [0.4, 0.5) is 0 Å². The van der Waals surface area contributed by atoms with Crippen LogP contribution in [0.25, 0.3) is 0 Å². The van der Waals surface area contributed by atoms with Gasteiger partial charge in [0.1, 0.15) is 6.54 Å². The van der Waals surface area contributed by atoms with Crippen LogP contribution in [-0.2, 0) is 14.3 Å². The Kier molecular flexibility index (Phi) is 12.1. The second kappa shape index (κ2) is 14.6. The number of rotatable bonds is 11. The van der Waals surface area contributed by atoms with Gasteiger partial charge in [-0.2, -0.15) is 0 Å². The van der Waals surface area contributed by atoms with Gasteiger partial charge in [0, 0.05) is 73.1 Å². The Bertz CT molecular complexity index is 503. The lowest BCUT2D eigenvalue weighted by Gasteiger charge is -2.33. The lowest BCUT2D eigenvalue weighted by atomic mass is 10.1. The van der Waals surface area contributed by atoms with Gasteiger partial charge >= 0.3 is 0 Å². The topological polar surface area (TPSA) is 81.7 Å². The minimum absolute atomic E-state index is 0.0115.